The second-order valence-electron chi connectivity index (χ2n) is 7.12. The van der Waals surface area contributed by atoms with Gasteiger partial charge in [-0.15, -0.1) is 0 Å². The molecule has 0 radical (unpaired) electrons. The lowest BCUT2D eigenvalue weighted by Gasteiger charge is -2.17. The molecule has 1 aliphatic heterocycles. The van der Waals surface area contributed by atoms with E-state index in [0.29, 0.717) is 24.4 Å². The molecule has 0 spiro atoms. The molecule has 2 N–H and O–H groups in total. The van der Waals surface area contributed by atoms with Gasteiger partial charge in [0.1, 0.15) is 11.6 Å². The van der Waals surface area contributed by atoms with Crippen molar-refractivity contribution in [2.75, 3.05) is 17.2 Å². The van der Waals surface area contributed by atoms with Gasteiger partial charge in [-0.25, -0.2) is 4.68 Å². The first-order valence-corrected chi connectivity index (χ1v) is 9.47. The van der Waals surface area contributed by atoms with Gasteiger partial charge in [-0.05, 0) is 56.2 Å². The molecule has 0 saturated carbocycles. The van der Waals surface area contributed by atoms with Crippen LogP contribution < -0.4 is 15.4 Å². The summed E-state index contributed by atoms with van der Waals surface area (Å²) >= 11 is 0. The quantitative estimate of drug-likeness (QED) is 0.699. The minimum atomic E-state index is -0.274. The number of nitrogens with zero attached hydrogens (tertiary/aromatic N) is 2. The van der Waals surface area contributed by atoms with Crippen molar-refractivity contribution in [2.24, 2.45) is 0 Å². The van der Waals surface area contributed by atoms with Crippen molar-refractivity contribution in [1.29, 1.82) is 0 Å². The van der Waals surface area contributed by atoms with Gasteiger partial charge in [-0.2, -0.15) is 5.10 Å². The molecule has 1 aliphatic rings. The maximum Gasteiger partial charge on any atom is 0.263 e. The normalized spacial score (nSPS) is 12.8. The number of hydrogen-bond donors (Lipinski definition) is 2. The SMILES string of the molecule is Cc1ccc(-n2nc(C)cc2NC(=O)COc2ccc3c(c2)CCC(=O)N3)cc1. The highest BCUT2D eigenvalue weighted by molar-refractivity contribution is 5.94. The van der Waals surface area contributed by atoms with E-state index >= 15 is 0 Å². The Kier molecular flexibility index (Phi) is 5.03. The summed E-state index contributed by atoms with van der Waals surface area (Å²) in [6.07, 6.45) is 1.12. The molecule has 0 unspecified atom stereocenters. The molecule has 0 bridgehead atoms. The van der Waals surface area contributed by atoms with Crippen LogP contribution in [0.1, 0.15) is 23.2 Å². The molecule has 7 heteroatoms. The predicted octanol–water partition coefficient (Wildman–Crippen LogP) is 3.39. The molecule has 29 heavy (non-hydrogen) atoms. The standard InChI is InChI=1S/C22H22N4O3/c1-14-3-6-17(7-4-14)26-20(11-15(2)25-26)24-22(28)13-29-18-8-9-19-16(12-18)5-10-21(27)23-19/h3-4,6-9,11-12H,5,10,13H2,1-2H3,(H,23,27)(H,24,28). The minimum Gasteiger partial charge on any atom is -0.484 e. The number of carbonyl (C=O) groups is 2. The molecule has 7 nitrogen and oxygen atoms in total. The van der Waals surface area contributed by atoms with Crippen LogP contribution in [-0.2, 0) is 16.0 Å². The Bertz CT molecular complexity index is 1070. The molecule has 4 rings (SSSR count). The third-order valence-electron chi connectivity index (χ3n) is 4.72. The average molecular weight is 390 g/mol. The van der Waals surface area contributed by atoms with E-state index in [1.807, 2.05) is 50.2 Å². The van der Waals surface area contributed by atoms with Gasteiger partial charge < -0.3 is 15.4 Å². The van der Waals surface area contributed by atoms with Gasteiger partial charge in [0.25, 0.3) is 5.91 Å². The fourth-order valence-corrected chi connectivity index (χ4v) is 3.25. The van der Waals surface area contributed by atoms with Crippen LogP contribution in [0.25, 0.3) is 5.69 Å². The number of hydrogen-bond acceptors (Lipinski definition) is 4. The Balaban J connectivity index is 1.42. The average Bonchev–Trinajstić information content (AvgIpc) is 3.07. The van der Waals surface area contributed by atoms with Crippen molar-refractivity contribution in [3.63, 3.8) is 0 Å². The highest BCUT2D eigenvalue weighted by atomic mass is 16.5. The maximum atomic E-state index is 12.4. The van der Waals surface area contributed by atoms with Crippen molar-refractivity contribution in [2.45, 2.75) is 26.7 Å². The zero-order chi connectivity index (χ0) is 20.4. The van der Waals surface area contributed by atoms with E-state index in [0.717, 1.165) is 28.2 Å². The summed E-state index contributed by atoms with van der Waals surface area (Å²) in [5.41, 5.74) is 4.64. The number of nitrogens with one attached hydrogen (secondary N) is 2. The van der Waals surface area contributed by atoms with Crippen LogP contribution in [0.4, 0.5) is 11.5 Å². The number of anilines is 2. The third-order valence-corrected chi connectivity index (χ3v) is 4.72. The number of aryl methyl sites for hydroxylation is 3. The summed E-state index contributed by atoms with van der Waals surface area (Å²) in [7, 11) is 0. The lowest BCUT2D eigenvalue weighted by molar-refractivity contribution is -0.118. The molecule has 3 aromatic rings. The van der Waals surface area contributed by atoms with E-state index in [1.165, 1.54) is 0 Å². The van der Waals surface area contributed by atoms with Crippen molar-refractivity contribution in [3.05, 3.63) is 65.4 Å². The molecular formula is C22H22N4O3. The second kappa shape index (κ2) is 7.79. The summed E-state index contributed by atoms with van der Waals surface area (Å²) in [6, 6.07) is 15.1. The molecule has 1 aromatic heterocycles. The van der Waals surface area contributed by atoms with Crippen LogP contribution >= 0.6 is 0 Å². The molecule has 0 atom stereocenters. The number of rotatable bonds is 5. The molecule has 0 fully saturated rings. The van der Waals surface area contributed by atoms with Crippen LogP contribution in [0.3, 0.4) is 0 Å². The maximum absolute atomic E-state index is 12.4. The Morgan fingerprint density at radius 3 is 2.72 bits per heavy atom. The lowest BCUT2D eigenvalue weighted by atomic mass is 10.0. The number of fused-ring (bicyclic) bond motifs is 1. The highest BCUT2D eigenvalue weighted by Gasteiger charge is 2.16. The van der Waals surface area contributed by atoms with Crippen LogP contribution in [0.15, 0.2) is 48.5 Å². The smallest absolute Gasteiger partial charge is 0.263 e. The number of ether oxygens (including phenoxy) is 1. The first-order chi connectivity index (χ1) is 14.0. The Morgan fingerprint density at radius 1 is 1.14 bits per heavy atom. The van der Waals surface area contributed by atoms with Crippen LogP contribution in [0, 0.1) is 13.8 Å². The summed E-state index contributed by atoms with van der Waals surface area (Å²) in [5.74, 6) is 0.932. The predicted molar refractivity (Wildman–Crippen MR) is 111 cm³/mol. The van der Waals surface area contributed by atoms with Crippen molar-refractivity contribution in [1.82, 2.24) is 9.78 Å². The Hall–Kier alpha value is -3.61. The zero-order valence-corrected chi connectivity index (χ0v) is 16.4. The molecule has 0 saturated heterocycles. The van der Waals surface area contributed by atoms with E-state index < -0.39 is 0 Å². The van der Waals surface area contributed by atoms with Gasteiger partial charge in [0.05, 0.1) is 11.4 Å². The van der Waals surface area contributed by atoms with Gasteiger partial charge >= 0.3 is 0 Å². The largest absolute Gasteiger partial charge is 0.484 e. The van der Waals surface area contributed by atoms with E-state index in [-0.39, 0.29) is 18.4 Å². The van der Waals surface area contributed by atoms with E-state index in [9.17, 15) is 9.59 Å². The molecule has 2 heterocycles. The molecule has 2 amide bonds. The number of aromatic nitrogens is 2. The fraction of sp³-hybridized carbons (Fsp3) is 0.227. The third kappa shape index (κ3) is 4.29. The second-order valence-corrected chi connectivity index (χ2v) is 7.12. The summed E-state index contributed by atoms with van der Waals surface area (Å²) in [5, 5.41) is 10.2. The van der Waals surface area contributed by atoms with Crippen molar-refractivity contribution >= 4 is 23.3 Å². The molecule has 0 aliphatic carbocycles. The van der Waals surface area contributed by atoms with Gasteiger partial charge in [-0.3, -0.25) is 9.59 Å². The lowest BCUT2D eigenvalue weighted by Crippen LogP contribution is -2.22. The van der Waals surface area contributed by atoms with Crippen molar-refractivity contribution in [3.8, 4) is 11.4 Å². The van der Waals surface area contributed by atoms with E-state index in [2.05, 4.69) is 15.7 Å². The zero-order valence-electron chi connectivity index (χ0n) is 16.4. The van der Waals surface area contributed by atoms with Gasteiger partial charge in [0, 0.05) is 18.2 Å². The Labute approximate surface area is 168 Å². The monoisotopic (exact) mass is 390 g/mol. The molecule has 148 valence electrons. The van der Waals surface area contributed by atoms with Crippen LogP contribution in [-0.4, -0.2) is 28.2 Å². The first kappa shape index (κ1) is 18.7. The number of benzene rings is 2. The van der Waals surface area contributed by atoms with Gasteiger partial charge in [0.2, 0.25) is 5.91 Å². The van der Waals surface area contributed by atoms with Gasteiger partial charge in [0.15, 0.2) is 6.61 Å². The van der Waals surface area contributed by atoms with Crippen LogP contribution in [0.5, 0.6) is 5.75 Å². The number of carbonyl (C=O) groups excluding carboxylic acids is 2. The summed E-state index contributed by atoms with van der Waals surface area (Å²) in [6.45, 7) is 3.78. The highest BCUT2D eigenvalue weighted by Crippen LogP contribution is 2.27. The van der Waals surface area contributed by atoms with Crippen molar-refractivity contribution < 1.29 is 14.3 Å². The molecular weight excluding hydrogens is 368 g/mol. The van der Waals surface area contributed by atoms with Gasteiger partial charge in [-0.1, -0.05) is 17.7 Å². The minimum absolute atomic E-state index is 0.0195. The summed E-state index contributed by atoms with van der Waals surface area (Å²) in [4.78, 5) is 23.9. The van der Waals surface area contributed by atoms with E-state index in [1.54, 1.807) is 16.8 Å². The topological polar surface area (TPSA) is 85.2 Å². The summed E-state index contributed by atoms with van der Waals surface area (Å²) < 4.78 is 7.35. The Morgan fingerprint density at radius 2 is 1.93 bits per heavy atom. The fourth-order valence-electron chi connectivity index (χ4n) is 3.25. The first-order valence-electron chi connectivity index (χ1n) is 9.47. The number of amides is 2. The molecule has 2 aromatic carbocycles. The van der Waals surface area contributed by atoms with E-state index in [4.69, 9.17) is 4.74 Å². The van der Waals surface area contributed by atoms with Crippen LogP contribution in [0.2, 0.25) is 0 Å².